The Kier molecular flexibility index (Phi) is 5.51. The number of amides is 2. The van der Waals surface area contributed by atoms with Crippen LogP contribution < -0.4 is 10.6 Å². The maximum Gasteiger partial charge on any atom is 0.315 e. The number of benzene rings is 2. The van der Waals surface area contributed by atoms with E-state index in [-0.39, 0.29) is 17.9 Å². The Morgan fingerprint density at radius 2 is 1.92 bits per heavy atom. The number of hydrogen-bond acceptors (Lipinski definition) is 2. The molecule has 0 saturated heterocycles. The first kappa shape index (κ1) is 17.9. The van der Waals surface area contributed by atoms with Crippen molar-refractivity contribution in [3.63, 3.8) is 0 Å². The van der Waals surface area contributed by atoms with Crippen LogP contribution in [0.1, 0.15) is 20.3 Å². The minimum Gasteiger partial charge on any atom is -0.336 e. The molecule has 0 saturated carbocycles. The molecule has 0 bridgehead atoms. The van der Waals surface area contributed by atoms with Crippen LogP contribution in [0.4, 0.5) is 9.18 Å². The molecule has 6 heteroatoms. The Labute approximate surface area is 152 Å². The molecule has 3 aromatic rings. The van der Waals surface area contributed by atoms with Gasteiger partial charge in [0.15, 0.2) is 0 Å². The number of para-hydroxylation sites is 2. The fourth-order valence-electron chi connectivity index (χ4n) is 2.78. The molecule has 0 aliphatic heterocycles. The minimum atomic E-state index is -0.278. The average Bonchev–Trinajstić information content (AvgIpc) is 3.01. The molecule has 0 aliphatic rings. The fraction of sp³-hybridized carbons (Fsp3) is 0.300. The zero-order chi connectivity index (χ0) is 18.5. The van der Waals surface area contributed by atoms with Crippen molar-refractivity contribution in [3.05, 3.63) is 54.3 Å². The van der Waals surface area contributed by atoms with Gasteiger partial charge in [0.05, 0.1) is 11.0 Å². The smallest absolute Gasteiger partial charge is 0.315 e. The van der Waals surface area contributed by atoms with Crippen LogP contribution in [0.25, 0.3) is 22.4 Å². The van der Waals surface area contributed by atoms with Crippen molar-refractivity contribution in [3.8, 4) is 11.4 Å². The summed E-state index contributed by atoms with van der Waals surface area (Å²) < 4.78 is 15.3. The van der Waals surface area contributed by atoms with Crippen LogP contribution in [0.15, 0.2) is 48.5 Å². The molecule has 2 amide bonds. The summed E-state index contributed by atoms with van der Waals surface area (Å²) in [6, 6.07) is 14.1. The lowest BCUT2D eigenvalue weighted by molar-refractivity contribution is 0.237. The summed E-state index contributed by atoms with van der Waals surface area (Å²) in [7, 11) is 0. The van der Waals surface area contributed by atoms with Gasteiger partial charge >= 0.3 is 6.03 Å². The molecule has 1 aromatic heterocycles. The second-order valence-corrected chi connectivity index (χ2v) is 6.29. The number of halogens is 1. The third kappa shape index (κ3) is 4.02. The van der Waals surface area contributed by atoms with Crippen molar-refractivity contribution in [1.82, 2.24) is 20.2 Å². The van der Waals surface area contributed by atoms with Crippen LogP contribution in [-0.4, -0.2) is 28.2 Å². The molecule has 3 rings (SSSR count). The van der Waals surface area contributed by atoms with Crippen molar-refractivity contribution in [2.75, 3.05) is 6.54 Å². The Hall–Kier alpha value is -2.89. The van der Waals surface area contributed by atoms with Gasteiger partial charge < -0.3 is 15.2 Å². The van der Waals surface area contributed by atoms with Gasteiger partial charge in [0.25, 0.3) is 0 Å². The number of rotatable bonds is 6. The van der Waals surface area contributed by atoms with Gasteiger partial charge in [0.2, 0.25) is 0 Å². The summed E-state index contributed by atoms with van der Waals surface area (Å²) in [5, 5.41) is 5.76. The second-order valence-electron chi connectivity index (χ2n) is 6.29. The van der Waals surface area contributed by atoms with Gasteiger partial charge in [-0.2, -0.15) is 0 Å². The highest BCUT2D eigenvalue weighted by Crippen LogP contribution is 2.24. The maximum absolute atomic E-state index is 13.3. The van der Waals surface area contributed by atoms with Gasteiger partial charge in [-0.05, 0) is 49.7 Å². The van der Waals surface area contributed by atoms with Crippen LogP contribution in [0.2, 0.25) is 0 Å². The summed E-state index contributed by atoms with van der Waals surface area (Å²) in [5.41, 5.74) is 2.69. The van der Waals surface area contributed by atoms with E-state index in [1.807, 2.05) is 42.7 Å². The number of imidazole rings is 1. The standard InChI is InChI=1S/C20H23FN4O/c1-3-14(2)23-20(26)22-12-13-25-18-7-5-4-6-17(18)24-19(25)15-8-10-16(21)11-9-15/h4-11,14H,3,12-13H2,1-2H3,(H2,22,23,26)/t14-/m1/s1. The Morgan fingerprint density at radius 1 is 1.19 bits per heavy atom. The van der Waals surface area contributed by atoms with Crippen molar-refractivity contribution >= 4 is 17.1 Å². The molecule has 0 spiro atoms. The fourth-order valence-corrected chi connectivity index (χ4v) is 2.78. The van der Waals surface area contributed by atoms with E-state index in [0.29, 0.717) is 13.1 Å². The zero-order valence-corrected chi connectivity index (χ0v) is 15.0. The maximum atomic E-state index is 13.3. The minimum absolute atomic E-state index is 0.138. The third-order valence-electron chi connectivity index (χ3n) is 4.37. The number of hydrogen-bond donors (Lipinski definition) is 2. The first-order chi connectivity index (χ1) is 12.6. The molecule has 5 nitrogen and oxygen atoms in total. The lowest BCUT2D eigenvalue weighted by atomic mass is 10.2. The summed E-state index contributed by atoms with van der Waals surface area (Å²) in [6.07, 6.45) is 0.883. The van der Waals surface area contributed by atoms with Crippen LogP contribution in [0, 0.1) is 5.82 Å². The molecule has 26 heavy (non-hydrogen) atoms. The van der Waals surface area contributed by atoms with Gasteiger partial charge in [-0.1, -0.05) is 19.1 Å². The largest absolute Gasteiger partial charge is 0.336 e. The Balaban J connectivity index is 1.81. The normalized spacial score (nSPS) is 12.1. The summed E-state index contributed by atoms with van der Waals surface area (Å²) in [6.45, 7) is 5.03. The molecule has 0 aliphatic carbocycles. The summed E-state index contributed by atoms with van der Waals surface area (Å²) in [4.78, 5) is 16.6. The molecule has 1 atom stereocenters. The molecule has 2 N–H and O–H groups in total. The Bertz CT molecular complexity index is 888. The van der Waals surface area contributed by atoms with E-state index < -0.39 is 0 Å². The molecule has 0 fully saturated rings. The van der Waals surface area contributed by atoms with E-state index >= 15 is 0 Å². The van der Waals surface area contributed by atoms with Crippen LogP contribution in [0.3, 0.4) is 0 Å². The predicted octanol–water partition coefficient (Wildman–Crippen LogP) is 3.94. The van der Waals surface area contributed by atoms with Gasteiger partial charge in [-0.25, -0.2) is 14.2 Å². The number of carbonyl (C=O) groups is 1. The lowest BCUT2D eigenvalue weighted by Crippen LogP contribution is -2.41. The van der Waals surface area contributed by atoms with E-state index in [9.17, 15) is 9.18 Å². The predicted molar refractivity (Wildman–Crippen MR) is 101 cm³/mol. The van der Waals surface area contributed by atoms with Gasteiger partial charge in [-0.3, -0.25) is 0 Å². The van der Waals surface area contributed by atoms with E-state index in [0.717, 1.165) is 28.8 Å². The van der Waals surface area contributed by atoms with Crippen molar-refractivity contribution in [2.45, 2.75) is 32.9 Å². The Morgan fingerprint density at radius 3 is 2.65 bits per heavy atom. The topological polar surface area (TPSA) is 59.0 Å². The van der Waals surface area contributed by atoms with Gasteiger partial charge in [-0.15, -0.1) is 0 Å². The van der Waals surface area contributed by atoms with Crippen molar-refractivity contribution in [1.29, 1.82) is 0 Å². The van der Waals surface area contributed by atoms with E-state index in [1.54, 1.807) is 12.1 Å². The molecule has 0 unspecified atom stereocenters. The monoisotopic (exact) mass is 354 g/mol. The molecule has 0 radical (unpaired) electrons. The van der Waals surface area contributed by atoms with Crippen LogP contribution in [0.5, 0.6) is 0 Å². The second kappa shape index (κ2) is 7.99. The van der Waals surface area contributed by atoms with Crippen molar-refractivity contribution in [2.24, 2.45) is 0 Å². The number of nitrogens with zero attached hydrogens (tertiary/aromatic N) is 2. The average molecular weight is 354 g/mol. The lowest BCUT2D eigenvalue weighted by Gasteiger charge is -2.14. The number of nitrogens with one attached hydrogen (secondary N) is 2. The molecular formula is C20H23FN4O. The number of urea groups is 1. The SMILES string of the molecule is CC[C@@H](C)NC(=O)NCCn1c(-c2ccc(F)cc2)nc2ccccc21. The summed E-state index contributed by atoms with van der Waals surface area (Å²) >= 11 is 0. The van der Waals surface area contributed by atoms with E-state index in [1.165, 1.54) is 12.1 Å². The third-order valence-corrected chi connectivity index (χ3v) is 4.37. The first-order valence-electron chi connectivity index (χ1n) is 8.84. The molecular weight excluding hydrogens is 331 g/mol. The number of fused-ring (bicyclic) bond motifs is 1. The van der Waals surface area contributed by atoms with Crippen LogP contribution >= 0.6 is 0 Å². The number of aromatic nitrogens is 2. The van der Waals surface area contributed by atoms with Crippen LogP contribution in [-0.2, 0) is 6.54 Å². The summed E-state index contributed by atoms with van der Waals surface area (Å²) in [5.74, 6) is 0.482. The quantitative estimate of drug-likeness (QED) is 0.704. The molecule has 2 aromatic carbocycles. The highest BCUT2D eigenvalue weighted by atomic mass is 19.1. The molecule has 136 valence electrons. The number of carbonyl (C=O) groups excluding carboxylic acids is 1. The van der Waals surface area contributed by atoms with Gasteiger partial charge in [0.1, 0.15) is 11.6 Å². The van der Waals surface area contributed by atoms with E-state index in [2.05, 4.69) is 15.6 Å². The molecule has 1 heterocycles. The highest BCUT2D eigenvalue weighted by Gasteiger charge is 2.13. The highest BCUT2D eigenvalue weighted by molar-refractivity contribution is 5.80. The first-order valence-corrected chi connectivity index (χ1v) is 8.84. The van der Waals surface area contributed by atoms with E-state index in [4.69, 9.17) is 0 Å². The zero-order valence-electron chi connectivity index (χ0n) is 15.0. The van der Waals surface area contributed by atoms with Gasteiger partial charge in [0, 0.05) is 24.7 Å². The van der Waals surface area contributed by atoms with Crippen molar-refractivity contribution < 1.29 is 9.18 Å².